The Kier molecular flexibility index (Phi) is 4.21. The highest BCUT2D eigenvalue weighted by atomic mass is 35.5. The number of primary amides is 1. The van der Waals surface area contributed by atoms with Crippen LogP contribution in [0.15, 0.2) is 48.5 Å². The van der Waals surface area contributed by atoms with Crippen molar-refractivity contribution in [3.8, 4) is 0 Å². The Morgan fingerprint density at radius 1 is 1.10 bits per heavy atom. The largest absolute Gasteiger partial charge is 0.367 e. The molecule has 0 bridgehead atoms. The summed E-state index contributed by atoms with van der Waals surface area (Å²) in [4.78, 5) is 11.9. The van der Waals surface area contributed by atoms with Gasteiger partial charge in [0.1, 0.15) is 5.54 Å². The summed E-state index contributed by atoms with van der Waals surface area (Å²) in [5.41, 5.74) is 5.85. The van der Waals surface area contributed by atoms with Crippen molar-refractivity contribution in [1.82, 2.24) is 0 Å². The number of carbonyl (C=O) groups is 1. The molecule has 5 heteroatoms. The summed E-state index contributed by atoms with van der Waals surface area (Å²) < 4.78 is 0. The second-order valence-corrected chi connectivity index (χ2v) is 5.44. The zero-order chi connectivity index (χ0) is 14.8. The number of benzene rings is 2. The van der Waals surface area contributed by atoms with E-state index >= 15 is 0 Å². The Morgan fingerprint density at radius 2 is 1.70 bits per heavy atom. The summed E-state index contributed by atoms with van der Waals surface area (Å²) in [7, 11) is 0. The summed E-state index contributed by atoms with van der Waals surface area (Å²) in [6.45, 7) is 1.71. The molecule has 0 aliphatic rings. The molecule has 1 amide bonds. The molecule has 1 atom stereocenters. The van der Waals surface area contributed by atoms with E-state index in [9.17, 15) is 4.79 Å². The molecule has 0 radical (unpaired) electrons. The lowest BCUT2D eigenvalue weighted by atomic mass is 9.91. The Bertz CT molecular complexity index is 628. The fourth-order valence-electron chi connectivity index (χ4n) is 1.89. The average molecular weight is 309 g/mol. The number of anilines is 1. The zero-order valence-electron chi connectivity index (χ0n) is 10.9. The van der Waals surface area contributed by atoms with Crippen LogP contribution in [0.1, 0.15) is 12.5 Å². The second kappa shape index (κ2) is 5.73. The second-order valence-electron chi connectivity index (χ2n) is 4.60. The van der Waals surface area contributed by atoms with E-state index in [1.54, 1.807) is 43.3 Å². The van der Waals surface area contributed by atoms with Gasteiger partial charge < -0.3 is 11.1 Å². The third kappa shape index (κ3) is 2.89. The third-order valence-corrected chi connectivity index (χ3v) is 3.75. The van der Waals surface area contributed by atoms with Gasteiger partial charge in [-0.3, -0.25) is 4.79 Å². The minimum atomic E-state index is -1.07. The van der Waals surface area contributed by atoms with E-state index in [0.717, 1.165) is 0 Å². The molecular formula is C15H14Cl2N2O. The summed E-state index contributed by atoms with van der Waals surface area (Å²) in [5.74, 6) is -0.500. The monoisotopic (exact) mass is 308 g/mol. The van der Waals surface area contributed by atoms with Gasteiger partial charge in [0, 0.05) is 5.02 Å². The first-order chi connectivity index (χ1) is 9.43. The molecule has 0 saturated carbocycles. The smallest absolute Gasteiger partial charge is 0.247 e. The van der Waals surface area contributed by atoms with Crippen LogP contribution in [0, 0.1) is 0 Å². The van der Waals surface area contributed by atoms with Crippen LogP contribution in [0.3, 0.4) is 0 Å². The van der Waals surface area contributed by atoms with Crippen LogP contribution in [-0.2, 0) is 10.3 Å². The van der Waals surface area contributed by atoms with E-state index in [0.29, 0.717) is 21.3 Å². The molecule has 2 aromatic rings. The van der Waals surface area contributed by atoms with Crippen LogP contribution in [-0.4, -0.2) is 5.91 Å². The van der Waals surface area contributed by atoms with Gasteiger partial charge in [-0.25, -0.2) is 0 Å². The SMILES string of the molecule is CC(Nc1ccccc1Cl)(C(N)=O)c1ccc(Cl)cc1. The van der Waals surface area contributed by atoms with Gasteiger partial charge in [0.05, 0.1) is 10.7 Å². The number of nitrogens with one attached hydrogen (secondary N) is 1. The molecule has 0 heterocycles. The predicted molar refractivity (Wildman–Crippen MR) is 83.1 cm³/mol. The molecule has 3 nitrogen and oxygen atoms in total. The van der Waals surface area contributed by atoms with Crippen molar-refractivity contribution in [2.24, 2.45) is 5.73 Å². The van der Waals surface area contributed by atoms with Gasteiger partial charge in [0.15, 0.2) is 0 Å². The zero-order valence-corrected chi connectivity index (χ0v) is 12.4. The quantitative estimate of drug-likeness (QED) is 0.902. The van der Waals surface area contributed by atoms with Crippen molar-refractivity contribution in [1.29, 1.82) is 0 Å². The first-order valence-corrected chi connectivity index (χ1v) is 6.78. The number of hydrogen-bond acceptors (Lipinski definition) is 2. The van der Waals surface area contributed by atoms with Gasteiger partial charge in [0.2, 0.25) is 5.91 Å². The number of hydrogen-bond donors (Lipinski definition) is 2. The lowest BCUT2D eigenvalue weighted by Crippen LogP contribution is -2.45. The summed E-state index contributed by atoms with van der Waals surface area (Å²) in [6.07, 6.45) is 0. The Labute approximate surface area is 127 Å². The number of rotatable bonds is 4. The number of para-hydroxylation sites is 1. The number of carbonyl (C=O) groups excluding carboxylic acids is 1. The van der Waals surface area contributed by atoms with Crippen molar-refractivity contribution in [2.45, 2.75) is 12.5 Å². The maximum Gasteiger partial charge on any atom is 0.247 e. The predicted octanol–water partition coefficient (Wildman–Crippen LogP) is 3.81. The summed E-state index contributed by atoms with van der Waals surface area (Å²) >= 11 is 12.0. The molecule has 0 saturated heterocycles. The topological polar surface area (TPSA) is 55.1 Å². The molecule has 0 aliphatic heterocycles. The van der Waals surface area contributed by atoms with Crippen LogP contribution in [0.5, 0.6) is 0 Å². The van der Waals surface area contributed by atoms with Crippen molar-refractivity contribution in [3.05, 3.63) is 64.1 Å². The summed E-state index contributed by atoms with van der Waals surface area (Å²) in [6, 6.07) is 14.1. The standard InChI is InChI=1S/C15H14Cl2N2O/c1-15(14(18)20,10-6-8-11(16)9-7-10)19-13-5-3-2-4-12(13)17/h2-9,19H,1H3,(H2,18,20). The highest BCUT2D eigenvalue weighted by Gasteiger charge is 2.33. The number of halogens is 2. The van der Waals surface area contributed by atoms with Gasteiger partial charge in [0.25, 0.3) is 0 Å². The Hall–Kier alpha value is -1.71. The average Bonchev–Trinajstić information content (AvgIpc) is 2.42. The van der Waals surface area contributed by atoms with Crippen molar-refractivity contribution < 1.29 is 4.79 Å². The lowest BCUT2D eigenvalue weighted by molar-refractivity contribution is -0.122. The first-order valence-electron chi connectivity index (χ1n) is 6.02. The highest BCUT2D eigenvalue weighted by Crippen LogP contribution is 2.30. The number of amides is 1. The van der Waals surface area contributed by atoms with Gasteiger partial charge in [-0.1, -0.05) is 47.5 Å². The number of nitrogens with two attached hydrogens (primary N) is 1. The molecule has 0 spiro atoms. The summed E-state index contributed by atoms with van der Waals surface area (Å²) in [5, 5.41) is 4.23. The molecule has 3 N–H and O–H groups in total. The van der Waals surface area contributed by atoms with Gasteiger partial charge in [-0.05, 0) is 36.8 Å². The molecule has 0 aromatic heterocycles. The minimum Gasteiger partial charge on any atom is -0.367 e. The third-order valence-electron chi connectivity index (χ3n) is 3.17. The van der Waals surface area contributed by atoms with E-state index in [2.05, 4.69) is 5.32 Å². The molecule has 0 aliphatic carbocycles. The van der Waals surface area contributed by atoms with E-state index in [1.807, 2.05) is 12.1 Å². The normalized spacial score (nSPS) is 13.6. The molecular weight excluding hydrogens is 295 g/mol. The van der Waals surface area contributed by atoms with Crippen LogP contribution >= 0.6 is 23.2 Å². The van der Waals surface area contributed by atoms with Gasteiger partial charge >= 0.3 is 0 Å². The lowest BCUT2D eigenvalue weighted by Gasteiger charge is -2.29. The van der Waals surface area contributed by atoms with E-state index < -0.39 is 11.4 Å². The molecule has 1 unspecified atom stereocenters. The van der Waals surface area contributed by atoms with Crippen LogP contribution in [0.25, 0.3) is 0 Å². The molecule has 2 aromatic carbocycles. The molecule has 0 fully saturated rings. The van der Waals surface area contributed by atoms with E-state index in [-0.39, 0.29) is 0 Å². The van der Waals surface area contributed by atoms with Crippen LogP contribution < -0.4 is 11.1 Å². The van der Waals surface area contributed by atoms with Crippen molar-refractivity contribution >= 4 is 34.8 Å². The first kappa shape index (κ1) is 14.7. The van der Waals surface area contributed by atoms with Crippen molar-refractivity contribution in [2.75, 3.05) is 5.32 Å². The van der Waals surface area contributed by atoms with E-state index in [1.165, 1.54) is 0 Å². The van der Waals surface area contributed by atoms with Crippen molar-refractivity contribution in [3.63, 3.8) is 0 Å². The van der Waals surface area contributed by atoms with Gasteiger partial charge in [-0.2, -0.15) is 0 Å². The Morgan fingerprint density at radius 3 is 2.25 bits per heavy atom. The van der Waals surface area contributed by atoms with Crippen LogP contribution in [0.2, 0.25) is 10.0 Å². The molecule has 2 rings (SSSR count). The highest BCUT2D eigenvalue weighted by molar-refractivity contribution is 6.33. The Balaban J connectivity index is 2.43. The van der Waals surface area contributed by atoms with E-state index in [4.69, 9.17) is 28.9 Å². The fourth-order valence-corrected chi connectivity index (χ4v) is 2.20. The molecule has 20 heavy (non-hydrogen) atoms. The molecule has 104 valence electrons. The maximum atomic E-state index is 11.9. The fraction of sp³-hybridized carbons (Fsp3) is 0.133. The van der Waals surface area contributed by atoms with Crippen LogP contribution in [0.4, 0.5) is 5.69 Å². The minimum absolute atomic E-state index is 0.500. The van der Waals surface area contributed by atoms with Gasteiger partial charge in [-0.15, -0.1) is 0 Å². The maximum absolute atomic E-state index is 11.9.